The highest BCUT2D eigenvalue weighted by atomic mass is 79.9. The Balaban J connectivity index is 0.829. The van der Waals surface area contributed by atoms with Gasteiger partial charge in [-0.1, -0.05) is 24.3 Å². The summed E-state index contributed by atoms with van der Waals surface area (Å²) in [6.07, 6.45) is 5.69. The predicted molar refractivity (Wildman–Crippen MR) is 249 cm³/mol. The van der Waals surface area contributed by atoms with Gasteiger partial charge in [0.05, 0.1) is 33.6 Å². The highest BCUT2D eigenvalue weighted by Crippen LogP contribution is 2.53. The van der Waals surface area contributed by atoms with Crippen molar-refractivity contribution in [1.29, 1.82) is 0 Å². The number of piperidine rings is 1. The minimum atomic E-state index is -4.54. The maximum absolute atomic E-state index is 14.2. The molecule has 352 valence electrons. The molecule has 9 rings (SSSR count). The van der Waals surface area contributed by atoms with Crippen molar-refractivity contribution in [3.8, 4) is 11.5 Å². The lowest BCUT2D eigenvalue weighted by Gasteiger charge is -2.58. The van der Waals surface area contributed by atoms with E-state index in [2.05, 4.69) is 46.7 Å². The molecule has 0 radical (unpaired) electrons. The van der Waals surface area contributed by atoms with Gasteiger partial charge in [0.15, 0.2) is 23.1 Å². The molecular formula is C48H55BrF2N6O8S. The molecule has 0 aromatic heterocycles. The Morgan fingerprint density at radius 1 is 1.00 bits per heavy atom. The van der Waals surface area contributed by atoms with Crippen LogP contribution in [0.5, 0.6) is 11.5 Å². The quantitative estimate of drug-likeness (QED) is 0.103. The number of carbonyl (C=O) groups excluding carboxylic acids is 1. The zero-order valence-corrected chi connectivity index (χ0v) is 39.4. The minimum absolute atomic E-state index is 0.00676. The third-order valence-corrected chi connectivity index (χ3v) is 16.1. The number of para-hydroxylation sites is 1. The smallest absolute Gasteiger partial charge is 0.297 e. The molecule has 2 atom stereocenters. The second-order valence-electron chi connectivity index (χ2n) is 18.7. The van der Waals surface area contributed by atoms with Crippen molar-refractivity contribution in [3.63, 3.8) is 0 Å². The van der Waals surface area contributed by atoms with Crippen LogP contribution in [0.15, 0.2) is 82.2 Å². The molecule has 4 heterocycles. The van der Waals surface area contributed by atoms with E-state index in [1.165, 1.54) is 18.2 Å². The highest BCUT2D eigenvalue weighted by molar-refractivity contribution is 9.10. The summed E-state index contributed by atoms with van der Waals surface area (Å²) >= 11 is 3.51. The van der Waals surface area contributed by atoms with Gasteiger partial charge in [0.1, 0.15) is 12.4 Å². The fraction of sp³-hybridized carbons (Fsp3) is 0.479. The Hall–Kier alpha value is -4.88. The van der Waals surface area contributed by atoms with Crippen molar-refractivity contribution in [2.45, 2.75) is 88.0 Å². The molecule has 2 N–H and O–H groups in total. The van der Waals surface area contributed by atoms with Crippen LogP contribution in [0.1, 0.15) is 79.9 Å². The largest absolute Gasteiger partial charge is 0.491 e. The molecule has 5 aliphatic rings. The number of benzene rings is 4. The van der Waals surface area contributed by atoms with Crippen LogP contribution in [0.2, 0.25) is 0 Å². The molecule has 1 amide bonds. The van der Waals surface area contributed by atoms with Crippen molar-refractivity contribution in [1.82, 2.24) is 14.5 Å². The van der Waals surface area contributed by atoms with Gasteiger partial charge in [-0.2, -0.15) is 0 Å². The van der Waals surface area contributed by atoms with Gasteiger partial charge < -0.3 is 24.4 Å². The van der Waals surface area contributed by atoms with Crippen LogP contribution in [0, 0.1) is 33.1 Å². The van der Waals surface area contributed by atoms with Gasteiger partial charge in [0, 0.05) is 86.4 Å². The Kier molecular flexibility index (Phi) is 13.3. The van der Waals surface area contributed by atoms with Gasteiger partial charge in [-0.3, -0.25) is 24.7 Å². The van der Waals surface area contributed by atoms with E-state index in [0.717, 1.165) is 99.9 Å². The predicted octanol–water partition coefficient (Wildman–Crippen LogP) is 8.45. The monoisotopic (exact) mass is 992 g/mol. The number of halogens is 3. The van der Waals surface area contributed by atoms with E-state index in [1.807, 2.05) is 44.2 Å². The standard InChI is InChI=1S/C48H55BrF2N6O8S/c1-30(2)65-44-6-4-3-5-37(44)43-28-54(27-31-7-10-39(50)40(51)21-31)17-18-56(43)34-25-48(26-34)13-15-55(16-14-48)33-8-9-36(38(49)22-33)47(58)53-66(61,62)35-23-42(57(59)60)46-45(24-35)64-29-41(52-46)32-11-19-63-20-12-32/h3-10,21-24,30,32,34,41,43,52H,11-20,25-29H2,1-2H3,(H,53,58)/t41-,43-/m0/s1. The molecule has 66 heavy (non-hydrogen) atoms. The zero-order chi connectivity index (χ0) is 46.3. The van der Waals surface area contributed by atoms with E-state index in [9.17, 15) is 32.1 Å². The number of sulfonamides is 1. The lowest BCUT2D eigenvalue weighted by molar-refractivity contribution is -0.384. The molecule has 0 bridgehead atoms. The molecule has 3 saturated heterocycles. The summed E-state index contributed by atoms with van der Waals surface area (Å²) in [5.41, 5.74) is 2.73. The van der Waals surface area contributed by atoms with Crippen LogP contribution in [0.4, 0.5) is 25.8 Å². The highest BCUT2D eigenvalue weighted by Gasteiger charge is 2.50. The zero-order valence-electron chi connectivity index (χ0n) is 37.0. The third kappa shape index (κ3) is 9.75. The Morgan fingerprint density at radius 2 is 1.76 bits per heavy atom. The molecule has 14 nitrogen and oxygen atoms in total. The van der Waals surface area contributed by atoms with Crippen molar-refractivity contribution in [2.75, 3.05) is 62.8 Å². The number of anilines is 2. The van der Waals surface area contributed by atoms with Crippen LogP contribution < -0.4 is 24.4 Å². The Bertz CT molecular complexity index is 2580. The van der Waals surface area contributed by atoms with Crippen molar-refractivity contribution in [3.05, 3.63) is 116 Å². The molecule has 0 unspecified atom stereocenters. The first kappa shape index (κ1) is 46.2. The maximum Gasteiger partial charge on any atom is 0.297 e. The van der Waals surface area contributed by atoms with E-state index in [1.54, 1.807) is 12.1 Å². The lowest BCUT2D eigenvalue weighted by atomic mass is 9.59. The summed E-state index contributed by atoms with van der Waals surface area (Å²) in [5, 5.41) is 15.4. The number of amides is 1. The second kappa shape index (κ2) is 19.0. The van der Waals surface area contributed by atoms with Gasteiger partial charge in [-0.15, -0.1) is 0 Å². The number of rotatable bonds is 12. The Morgan fingerprint density at radius 3 is 2.47 bits per heavy atom. The summed E-state index contributed by atoms with van der Waals surface area (Å²) < 4.78 is 75.2. The number of hydrogen-bond acceptors (Lipinski definition) is 12. The first-order valence-corrected chi connectivity index (χ1v) is 25.0. The number of nitro groups is 1. The van der Waals surface area contributed by atoms with Crippen LogP contribution in [-0.4, -0.2) is 99.8 Å². The average molecular weight is 994 g/mol. The summed E-state index contributed by atoms with van der Waals surface area (Å²) in [5.74, 6) is -1.48. The molecular weight excluding hydrogens is 939 g/mol. The molecule has 18 heteroatoms. The number of hydrogen-bond donors (Lipinski definition) is 2. The average Bonchev–Trinajstić information content (AvgIpc) is 3.29. The number of piperazine rings is 1. The van der Waals surface area contributed by atoms with Gasteiger partial charge in [-0.05, 0) is 122 Å². The normalized spacial score (nSPS) is 21.7. The molecule has 4 aromatic carbocycles. The van der Waals surface area contributed by atoms with Crippen LogP contribution in [-0.2, 0) is 21.3 Å². The fourth-order valence-corrected chi connectivity index (χ4v) is 12.1. The molecule has 4 fully saturated rings. The van der Waals surface area contributed by atoms with Crippen LogP contribution in [0.25, 0.3) is 0 Å². The number of nitrogens with zero attached hydrogens (tertiary/aromatic N) is 4. The van der Waals surface area contributed by atoms with Gasteiger partial charge >= 0.3 is 0 Å². The van der Waals surface area contributed by atoms with E-state index in [4.69, 9.17) is 14.2 Å². The summed E-state index contributed by atoms with van der Waals surface area (Å²) in [7, 11) is -4.54. The van der Waals surface area contributed by atoms with E-state index < -0.39 is 43.1 Å². The number of ether oxygens (including phenoxy) is 3. The topological polar surface area (TPSA) is 156 Å². The molecule has 1 spiro atoms. The molecule has 1 aliphatic carbocycles. The van der Waals surface area contributed by atoms with Crippen molar-refractivity contribution in [2.24, 2.45) is 11.3 Å². The van der Waals surface area contributed by atoms with E-state index in [0.29, 0.717) is 30.3 Å². The minimum Gasteiger partial charge on any atom is -0.491 e. The van der Waals surface area contributed by atoms with Crippen LogP contribution in [0.3, 0.4) is 0 Å². The second-order valence-corrected chi connectivity index (χ2v) is 21.2. The number of nitro benzene ring substituents is 1. The van der Waals surface area contributed by atoms with Gasteiger partial charge in [0.25, 0.3) is 21.6 Å². The third-order valence-electron chi connectivity index (χ3n) is 14.1. The summed E-state index contributed by atoms with van der Waals surface area (Å²) in [6, 6.07) is 20.0. The van der Waals surface area contributed by atoms with Crippen molar-refractivity contribution >= 4 is 48.9 Å². The lowest BCUT2D eigenvalue weighted by Crippen LogP contribution is -2.59. The van der Waals surface area contributed by atoms with Gasteiger partial charge in [0.2, 0.25) is 0 Å². The summed E-state index contributed by atoms with van der Waals surface area (Å²) in [6.45, 7) is 9.97. The molecule has 1 saturated carbocycles. The summed E-state index contributed by atoms with van der Waals surface area (Å²) in [4.78, 5) is 31.8. The van der Waals surface area contributed by atoms with Crippen molar-refractivity contribution < 1.29 is 41.1 Å². The van der Waals surface area contributed by atoms with E-state index in [-0.39, 0.29) is 53.1 Å². The molecule has 4 aliphatic heterocycles. The maximum atomic E-state index is 14.2. The Labute approximate surface area is 392 Å². The first-order chi connectivity index (χ1) is 31.6. The van der Waals surface area contributed by atoms with Crippen LogP contribution >= 0.6 is 15.9 Å². The number of fused-ring (bicyclic) bond motifs is 1. The SMILES string of the molecule is CC(C)Oc1ccccc1[C@@H]1CN(Cc2ccc(F)c(F)c2)CCN1C1CC2(CCN(c3ccc(C(=O)NS(=O)(=O)c4cc5c(c([N+](=O)[O-])c4)N[C@H](C4CCOCC4)CO5)c(Br)c3)CC2)C1. The number of carbonyl (C=O) groups is 1. The first-order valence-electron chi connectivity index (χ1n) is 22.7. The van der Waals surface area contributed by atoms with E-state index >= 15 is 0 Å². The van der Waals surface area contributed by atoms with Gasteiger partial charge in [-0.25, -0.2) is 21.9 Å². The fourth-order valence-electron chi connectivity index (χ4n) is 10.6. The molecule has 4 aromatic rings. The number of nitrogens with one attached hydrogen (secondary N) is 2.